The van der Waals surface area contributed by atoms with E-state index in [4.69, 9.17) is 9.47 Å². The molecule has 10 heteroatoms. The molecule has 0 unspecified atom stereocenters. The summed E-state index contributed by atoms with van der Waals surface area (Å²) in [6.07, 6.45) is 2.94. The SMILES string of the molecule is O=C(CSc1ncccc1C(=O)Nc1cccc(N2CCCC2=O)c1)Nc1ccc2c(c1)OCO2. The van der Waals surface area contributed by atoms with E-state index in [2.05, 4.69) is 15.6 Å². The van der Waals surface area contributed by atoms with Crippen LogP contribution in [-0.4, -0.2) is 41.8 Å². The fraction of sp³-hybridized carbons (Fsp3) is 0.200. The molecule has 3 aromatic rings. The minimum absolute atomic E-state index is 0.0677. The van der Waals surface area contributed by atoms with Gasteiger partial charge in [0.2, 0.25) is 18.6 Å². The molecule has 3 heterocycles. The zero-order valence-corrected chi connectivity index (χ0v) is 19.5. The van der Waals surface area contributed by atoms with Crippen molar-refractivity contribution in [1.29, 1.82) is 0 Å². The summed E-state index contributed by atoms with van der Waals surface area (Å²) in [6.45, 7) is 0.835. The first-order valence-electron chi connectivity index (χ1n) is 11.1. The van der Waals surface area contributed by atoms with Gasteiger partial charge < -0.3 is 25.0 Å². The molecule has 0 saturated carbocycles. The average Bonchev–Trinajstić information content (AvgIpc) is 3.51. The van der Waals surface area contributed by atoms with Gasteiger partial charge >= 0.3 is 0 Å². The third-order valence-electron chi connectivity index (χ3n) is 5.50. The average molecular weight is 491 g/mol. The number of amides is 3. The van der Waals surface area contributed by atoms with Crippen LogP contribution in [0.3, 0.4) is 0 Å². The summed E-state index contributed by atoms with van der Waals surface area (Å²) in [5.41, 5.74) is 2.28. The molecular weight excluding hydrogens is 468 g/mol. The molecule has 3 amide bonds. The minimum Gasteiger partial charge on any atom is -0.454 e. The fourth-order valence-electron chi connectivity index (χ4n) is 3.86. The highest BCUT2D eigenvalue weighted by molar-refractivity contribution is 8.00. The van der Waals surface area contributed by atoms with Crippen LogP contribution in [0, 0.1) is 0 Å². The normalized spacial score (nSPS) is 14.2. The van der Waals surface area contributed by atoms with E-state index in [9.17, 15) is 14.4 Å². The highest BCUT2D eigenvalue weighted by atomic mass is 32.2. The van der Waals surface area contributed by atoms with Crippen LogP contribution >= 0.6 is 11.8 Å². The number of nitrogens with one attached hydrogen (secondary N) is 2. The third-order valence-corrected chi connectivity index (χ3v) is 6.51. The van der Waals surface area contributed by atoms with Crippen molar-refractivity contribution in [3.8, 4) is 11.5 Å². The van der Waals surface area contributed by atoms with E-state index in [0.717, 1.165) is 12.1 Å². The van der Waals surface area contributed by atoms with Crippen molar-refractivity contribution in [2.45, 2.75) is 17.9 Å². The number of carbonyl (C=O) groups excluding carboxylic acids is 3. The van der Waals surface area contributed by atoms with Crippen molar-refractivity contribution in [3.63, 3.8) is 0 Å². The van der Waals surface area contributed by atoms with Crippen molar-refractivity contribution in [2.75, 3.05) is 34.6 Å². The van der Waals surface area contributed by atoms with E-state index in [-0.39, 0.29) is 30.3 Å². The van der Waals surface area contributed by atoms with Crippen molar-refractivity contribution in [2.24, 2.45) is 0 Å². The largest absolute Gasteiger partial charge is 0.454 e. The smallest absolute Gasteiger partial charge is 0.258 e. The molecule has 35 heavy (non-hydrogen) atoms. The maximum atomic E-state index is 13.0. The Hall–Kier alpha value is -4.05. The number of hydrogen-bond donors (Lipinski definition) is 2. The summed E-state index contributed by atoms with van der Waals surface area (Å²) in [5, 5.41) is 6.12. The van der Waals surface area contributed by atoms with E-state index in [1.54, 1.807) is 59.6 Å². The quantitative estimate of drug-likeness (QED) is 0.483. The summed E-state index contributed by atoms with van der Waals surface area (Å²) < 4.78 is 10.6. The van der Waals surface area contributed by atoms with Crippen LogP contribution in [0.2, 0.25) is 0 Å². The molecule has 5 rings (SSSR count). The van der Waals surface area contributed by atoms with Crippen molar-refractivity contribution in [1.82, 2.24) is 4.98 Å². The first-order valence-corrected chi connectivity index (χ1v) is 12.0. The molecule has 0 aliphatic carbocycles. The van der Waals surface area contributed by atoms with E-state index in [0.29, 0.717) is 46.4 Å². The number of thioether (sulfide) groups is 1. The Labute approximate surface area is 205 Å². The van der Waals surface area contributed by atoms with Crippen molar-refractivity contribution < 1.29 is 23.9 Å². The van der Waals surface area contributed by atoms with Gasteiger partial charge in [-0.15, -0.1) is 0 Å². The van der Waals surface area contributed by atoms with Crippen molar-refractivity contribution in [3.05, 3.63) is 66.4 Å². The Morgan fingerprint density at radius 2 is 1.86 bits per heavy atom. The number of nitrogens with zero attached hydrogens (tertiary/aromatic N) is 2. The lowest BCUT2D eigenvalue weighted by atomic mass is 10.2. The molecule has 2 aliphatic heterocycles. The fourth-order valence-corrected chi connectivity index (χ4v) is 4.65. The highest BCUT2D eigenvalue weighted by Gasteiger charge is 2.22. The molecule has 2 N–H and O–H groups in total. The Morgan fingerprint density at radius 1 is 1.00 bits per heavy atom. The maximum Gasteiger partial charge on any atom is 0.258 e. The summed E-state index contributed by atoms with van der Waals surface area (Å²) >= 11 is 1.17. The van der Waals surface area contributed by atoms with Gasteiger partial charge in [-0.1, -0.05) is 17.8 Å². The first kappa shape index (κ1) is 22.7. The topological polar surface area (TPSA) is 110 Å². The van der Waals surface area contributed by atoms with Gasteiger partial charge in [0, 0.05) is 42.3 Å². The second kappa shape index (κ2) is 10.1. The van der Waals surface area contributed by atoms with Gasteiger partial charge in [-0.3, -0.25) is 14.4 Å². The number of aromatic nitrogens is 1. The molecule has 2 aromatic carbocycles. The van der Waals surface area contributed by atoms with E-state index < -0.39 is 0 Å². The zero-order valence-electron chi connectivity index (χ0n) is 18.7. The molecule has 0 radical (unpaired) electrons. The summed E-state index contributed by atoms with van der Waals surface area (Å²) in [4.78, 5) is 43.6. The monoisotopic (exact) mass is 490 g/mol. The number of pyridine rings is 1. The number of ether oxygens (including phenoxy) is 2. The van der Waals surface area contributed by atoms with Crippen LogP contribution < -0.4 is 25.0 Å². The highest BCUT2D eigenvalue weighted by Crippen LogP contribution is 2.34. The number of benzene rings is 2. The van der Waals surface area contributed by atoms with Crippen molar-refractivity contribution >= 4 is 46.5 Å². The predicted molar refractivity (Wildman–Crippen MR) is 132 cm³/mol. The van der Waals surface area contributed by atoms with Gasteiger partial charge in [0.1, 0.15) is 5.03 Å². The van der Waals surface area contributed by atoms with Crippen LogP contribution in [0.25, 0.3) is 0 Å². The lowest BCUT2D eigenvalue weighted by Gasteiger charge is -2.17. The lowest BCUT2D eigenvalue weighted by Crippen LogP contribution is -2.23. The third kappa shape index (κ3) is 5.22. The standard InChI is InChI=1S/C25H22N4O5S/c30-22(27-17-8-9-20-21(13-17)34-15-33-20)14-35-25-19(6-2-10-26-25)24(32)28-16-4-1-5-18(12-16)29-11-3-7-23(29)31/h1-2,4-6,8-10,12-13H,3,7,11,14-15H2,(H,27,30)(H,28,32). The first-order chi connectivity index (χ1) is 17.1. The van der Waals surface area contributed by atoms with Crippen LogP contribution in [0.5, 0.6) is 11.5 Å². The number of hydrogen-bond acceptors (Lipinski definition) is 7. The zero-order chi connectivity index (χ0) is 24.2. The maximum absolute atomic E-state index is 13.0. The predicted octanol–water partition coefficient (Wildman–Crippen LogP) is 3.92. The Kier molecular flexibility index (Phi) is 6.53. The lowest BCUT2D eigenvalue weighted by molar-refractivity contribution is -0.117. The molecule has 178 valence electrons. The van der Waals surface area contributed by atoms with Gasteiger partial charge in [0.15, 0.2) is 11.5 Å². The van der Waals surface area contributed by atoms with Gasteiger partial charge in [-0.25, -0.2) is 4.98 Å². The molecule has 0 atom stereocenters. The molecular formula is C25H22N4O5S. The Balaban J connectivity index is 1.22. The van der Waals surface area contributed by atoms with Gasteiger partial charge in [-0.05, 0) is 48.9 Å². The van der Waals surface area contributed by atoms with Gasteiger partial charge in [0.25, 0.3) is 5.91 Å². The summed E-state index contributed by atoms with van der Waals surface area (Å²) in [6, 6.07) is 15.7. The van der Waals surface area contributed by atoms with Crippen LogP contribution in [0.1, 0.15) is 23.2 Å². The van der Waals surface area contributed by atoms with Crippen LogP contribution in [0.15, 0.2) is 65.8 Å². The Morgan fingerprint density at radius 3 is 2.71 bits per heavy atom. The molecule has 9 nitrogen and oxygen atoms in total. The Bertz CT molecular complexity index is 1300. The second-order valence-corrected chi connectivity index (χ2v) is 8.88. The summed E-state index contributed by atoms with van der Waals surface area (Å²) in [7, 11) is 0. The number of anilines is 3. The molecule has 1 aromatic heterocycles. The van der Waals surface area contributed by atoms with E-state index in [1.165, 1.54) is 11.8 Å². The molecule has 0 bridgehead atoms. The number of carbonyl (C=O) groups is 3. The number of rotatable bonds is 7. The molecule has 0 spiro atoms. The molecule has 1 saturated heterocycles. The van der Waals surface area contributed by atoms with Crippen LogP contribution in [-0.2, 0) is 9.59 Å². The minimum atomic E-state index is -0.346. The van der Waals surface area contributed by atoms with E-state index in [1.807, 2.05) is 6.07 Å². The van der Waals surface area contributed by atoms with Crippen LogP contribution in [0.4, 0.5) is 17.1 Å². The molecule has 2 aliphatic rings. The van der Waals surface area contributed by atoms with Gasteiger partial charge in [0.05, 0.1) is 11.3 Å². The van der Waals surface area contributed by atoms with E-state index >= 15 is 0 Å². The molecule has 1 fully saturated rings. The van der Waals surface area contributed by atoms with Gasteiger partial charge in [-0.2, -0.15) is 0 Å². The number of fused-ring (bicyclic) bond motifs is 1. The summed E-state index contributed by atoms with van der Waals surface area (Å²) in [5.74, 6) is 0.781. The second-order valence-electron chi connectivity index (χ2n) is 7.91.